The van der Waals surface area contributed by atoms with E-state index in [9.17, 15) is 33.7 Å². The SMILES string of the molecule is CS(=O)(=O)c1ccc(S(N)(=O)=O)c(S(C)(=O)=O)c1.O=S(=O)(Cl)c1ccccc1. The maximum absolute atomic E-state index is 11.5. The van der Waals surface area contributed by atoms with Gasteiger partial charge in [-0.2, -0.15) is 0 Å². The van der Waals surface area contributed by atoms with E-state index >= 15 is 0 Å². The summed E-state index contributed by atoms with van der Waals surface area (Å²) in [5.41, 5.74) is 0. The van der Waals surface area contributed by atoms with Gasteiger partial charge in [0.05, 0.1) is 14.7 Å². The zero-order valence-electron chi connectivity index (χ0n) is 14.5. The summed E-state index contributed by atoms with van der Waals surface area (Å²) in [4.78, 5) is -1.42. The van der Waals surface area contributed by atoms with E-state index in [1.807, 2.05) is 0 Å². The van der Waals surface area contributed by atoms with Crippen molar-refractivity contribution in [1.29, 1.82) is 0 Å². The van der Waals surface area contributed by atoms with Crippen molar-refractivity contribution in [3.63, 3.8) is 0 Å². The minimum atomic E-state index is -4.25. The number of primary sulfonamides is 1. The highest BCUT2D eigenvalue weighted by Crippen LogP contribution is 2.23. The molecule has 0 aliphatic heterocycles. The first-order chi connectivity index (χ1) is 12.4. The van der Waals surface area contributed by atoms with Crippen LogP contribution < -0.4 is 5.14 Å². The Balaban J connectivity index is 0.000000330. The monoisotopic (exact) mass is 489 g/mol. The molecule has 2 rings (SSSR count). The molecule has 0 saturated carbocycles. The second-order valence-corrected chi connectivity index (χ2v) is 13.5. The maximum Gasteiger partial charge on any atom is 0.261 e. The summed E-state index contributed by atoms with van der Waals surface area (Å²) in [6.45, 7) is 0. The number of halogens is 1. The van der Waals surface area contributed by atoms with Gasteiger partial charge in [0.2, 0.25) is 10.0 Å². The second-order valence-electron chi connectivity index (χ2n) is 5.45. The van der Waals surface area contributed by atoms with Gasteiger partial charge in [-0.25, -0.2) is 38.8 Å². The van der Waals surface area contributed by atoms with Gasteiger partial charge in [-0.3, -0.25) is 0 Å². The molecule has 0 saturated heterocycles. The topological polar surface area (TPSA) is 163 Å². The molecular formula is C14H16ClNO8S4. The molecule has 0 spiro atoms. The third-order valence-corrected chi connectivity index (χ3v) is 7.79. The maximum atomic E-state index is 11.5. The lowest BCUT2D eigenvalue weighted by Crippen LogP contribution is -2.17. The van der Waals surface area contributed by atoms with Crippen molar-refractivity contribution in [3.05, 3.63) is 48.5 Å². The first-order valence-corrected chi connectivity index (χ1v) is 14.6. The molecule has 0 radical (unpaired) electrons. The highest BCUT2D eigenvalue weighted by Gasteiger charge is 2.23. The number of hydrogen-bond donors (Lipinski definition) is 1. The third-order valence-electron chi connectivity index (χ3n) is 3.07. The third kappa shape index (κ3) is 7.14. The fraction of sp³-hybridized carbons (Fsp3) is 0.143. The Hall–Kier alpha value is -1.51. The van der Waals surface area contributed by atoms with Crippen LogP contribution in [0.4, 0.5) is 0 Å². The molecule has 0 bridgehead atoms. The predicted molar refractivity (Wildman–Crippen MR) is 104 cm³/mol. The fourth-order valence-electron chi connectivity index (χ4n) is 1.83. The Bertz CT molecular complexity index is 1280. The van der Waals surface area contributed by atoms with Crippen LogP contribution >= 0.6 is 10.7 Å². The molecule has 0 fully saturated rings. The summed E-state index contributed by atoms with van der Waals surface area (Å²) in [7, 11) is -10.3. The van der Waals surface area contributed by atoms with Gasteiger partial charge in [0.25, 0.3) is 9.05 Å². The largest absolute Gasteiger partial charge is 0.261 e. The van der Waals surface area contributed by atoms with Crippen molar-refractivity contribution in [2.24, 2.45) is 5.14 Å². The molecule has 0 amide bonds. The summed E-state index contributed by atoms with van der Waals surface area (Å²) >= 11 is 0. The number of benzene rings is 2. The van der Waals surface area contributed by atoms with Crippen LogP contribution in [0.3, 0.4) is 0 Å². The van der Waals surface area contributed by atoms with Gasteiger partial charge in [-0.15, -0.1) is 0 Å². The molecule has 0 aliphatic rings. The highest BCUT2D eigenvalue weighted by molar-refractivity contribution is 8.13. The van der Waals surface area contributed by atoms with E-state index in [0.717, 1.165) is 30.7 Å². The van der Waals surface area contributed by atoms with Gasteiger partial charge in [0, 0.05) is 23.2 Å². The van der Waals surface area contributed by atoms with Gasteiger partial charge in [-0.1, -0.05) is 18.2 Å². The van der Waals surface area contributed by atoms with Crippen LogP contribution in [0.5, 0.6) is 0 Å². The Labute approximate surface area is 168 Å². The summed E-state index contributed by atoms with van der Waals surface area (Å²) in [6.07, 6.45) is 1.65. The lowest BCUT2D eigenvalue weighted by atomic mass is 10.4. The first kappa shape index (κ1) is 24.5. The van der Waals surface area contributed by atoms with Gasteiger partial charge in [0.1, 0.15) is 4.90 Å². The lowest BCUT2D eigenvalue weighted by Gasteiger charge is -2.07. The number of hydrogen-bond acceptors (Lipinski definition) is 8. The van der Waals surface area contributed by atoms with Crippen LogP contribution in [0.2, 0.25) is 0 Å². The number of sulfone groups is 2. The predicted octanol–water partition coefficient (Wildman–Crippen LogP) is 0.755. The van der Waals surface area contributed by atoms with E-state index in [1.165, 1.54) is 12.1 Å². The molecule has 2 N–H and O–H groups in total. The van der Waals surface area contributed by atoms with Crippen molar-refractivity contribution in [3.8, 4) is 0 Å². The average molecular weight is 490 g/mol. The molecule has 9 nitrogen and oxygen atoms in total. The standard InChI is InChI=1S/C8H11NO6S3.C6H5ClO2S/c1-16(10,11)6-3-4-7(18(9,14)15)8(5-6)17(2,12)13;7-10(8,9)6-4-2-1-3-5-6/h3-5H,1-2H3,(H2,9,14,15);1-5H. The van der Waals surface area contributed by atoms with Gasteiger partial charge in [0.15, 0.2) is 19.7 Å². The van der Waals surface area contributed by atoms with Crippen molar-refractivity contribution in [2.45, 2.75) is 19.6 Å². The number of rotatable bonds is 4. The zero-order valence-corrected chi connectivity index (χ0v) is 18.5. The minimum absolute atomic E-state index is 0.136. The molecule has 0 atom stereocenters. The van der Waals surface area contributed by atoms with Crippen LogP contribution in [-0.2, 0) is 38.7 Å². The van der Waals surface area contributed by atoms with Crippen molar-refractivity contribution < 1.29 is 33.7 Å². The van der Waals surface area contributed by atoms with E-state index < -0.39 is 48.5 Å². The average Bonchev–Trinajstić information content (AvgIpc) is 2.52. The summed E-state index contributed by atoms with van der Waals surface area (Å²) in [5, 5.41) is 4.87. The Morgan fingerprint density at radius 3 is 1.50 bits per heavy atom. The smallest absolute Gasteiger partial charge is 0.225 e. The van der Waals surface area contributed by atoms with Crippen LogP contribution in [0, 0.1) is 0 Å². The summed E-state index contributed by atoms with van der Waals surface area (Å²) in [5.74, 6) is 0. The second kappa shape index (κ2) is 8.47. The molecule has 0 aliphatic carbocycles. The molecule has 0 aromatic heterocycles. The van der Waals surface area contributed by atoms with E-state index in [2.05, 4.69) is 0 Å². The fourth-order valence-corrected chi connectivity index (χ4v) is 5.51. The van der Waals surface area contributed by atoms with Crippen molar-refractivity contribution in [2.75, 3.05) is 12.5 Å². The molecule has 0 heterocycles. The number of sulfonamides is 1. The van der Waals surface area contributed by atoms with Crippen molar-refractivity contribution >= 4 is 49.4 Å². The van der Waals surface area contributed by atoms with Crippen molar-refractivity contribution in [1.82, 2.24) is 0 Å². The Morgan fingerprint density at radius 2 is 1.18 bits per heavy atom. The molecule has 28 heavy (non-hydrogen) atoms. The molecule has 14 heteroatoms. The number of nitrogens with two attached hydrogens (primary N) is 1. The van der Waals surface area contributed by atoms with Gasteiger partial charge in [-0.05, 0) is 30.3 Å². The van der Waals surface area contributed by atoms with Gasteiger partial charge >= 0.3 is 0 Å². The summed E-state index contributed by atoms with van der Waals surface area (Å²) < 4.78 is 89.2. The Kier molecular flexibility index (Phi) is 7.42. The lowest BCUT2D eigenvalue weighted by molar-refractivity contribution is 0.584. The molecule has 0 unspecified atom stereocenters. The molecule has 156 valence electrons. The molecule has 2 aromatic rings. The van der Waals surface area contributed by atoms with Gasteiger partial charge < -0.3 is 0 Å². The van der Waals surface area contributed by atoms with E-state index in [4.69, 9.17) is 15.8 Å². The van der Waals surface area contributed by atoms with E-state index in [-0.39, 0.29) is 9.79 Å². The zero-order chi connectivity index (χ0) is 22.0. The molecular weight excluding hydrogens is 474 g/mol. The van der Waals surface area contributed by atoms with Crippen LogP contribution in [0.1, 0.15) is 0 Å². The first-order valence-electron chi connectivity index (χ1n) is 7.01. The van der Waals surface area contributed by atoms with E-state index in [1.54, 1.807) is 18.2 Å². The van der Waals surface area contributed by atoms with E-state index in [0.29, 0.717) is 0 Å². The van der Waals surface area contributed by atoms with Crippen LogP contribution in [-0.4, -0.2) is 46.2 Å². The Morgan fingerprint density at radius 1 is 0.679 bits per heavy atom. The molecule has 2 aromatic carbocycles. The van der Waals surface area contributed by atoms with Crippen LogP contribution in [0.25, 0.3) is 0 Å². The quantitative estimate of drug-likeness (QED) is 0.615. The summed E-state index contributed by atoms with van der Waals surface area (Å²) in [6, 6.07) is 10.5. The van der Waals surface area contributed by atoms with Crippen LogP contribution in [0.15, 0.2) is 68.1 Å². The highest BCUT2D eigenvalue weighted by atomic mass is 35.7. The normalized spacial score (nSPS) is 12.7. The minimum Gasteiger partial charge on any atom is -0.225 e.